The van der Waals surface area contributed by atoms with Crippen LogP contribution in [0.5, 0.6) is 5.75 Å². The topological polar surface area (TPSA) is 50.5 Å². The molecule has 0 bridgehead atoms. The van der Waals surface area contributed by atoms with Crippen molar-refractivity contribution in [1.82, 2.24) is 10.2 Å². The van der Waals surface area contributed by atoms with Crippen molar-refractivity contribution in [2.45, 2.75) is 32.6 Å². The molecule has 0 aliphatic carbocycles. The number of nitrogens with zero attached hydrogens (tertiary/aromatic N) is 1. The molecule has 0 atom stereocenters. The van der Waals surface area contributed by atoms with Crippen molar-refractivity contribution in [3.63, 3.8) is 0 Å². The first-order chi connectivity index (χ1) is 10.1. The predicted octanol–water partition coefficient (Wildman–Crippen LogP) is 2.53. The SMILES string of the molecule is CCCOc1ccc(CCCNCCCN(C)C)cc1N. The van der Waals surface area contributed by atoms with Crippen molar-refractivity contribution < 1.29 is 4.74 Å². The van der Waals surface area contributed by atoms with E-state index in [1.54, 1.807) is 0 Å². The largest absolute Gasteiger partial charge is 0.491 e. The lowest BCUT2D eigenvalue weighted by molar-refractivity contribution is 0.319. The van der Waals surface area contributed by atoms with Crippen LogP contribution in [0.2, 0.25) is 0 Å². The molecule has 3 N–H and O–H groups in total. The van der Waals surface area contributed by atoms with Gasteiger partial charge in [0.2, 0.25) is 0 Å². The third-order valence-electron chi connectivity index (χ3n) is 3.31. The lowest BCUT2D eigenvalue weighted by Gasteiger charge is -2.11. The van der Waals surface area contributed by atoms with Crippen molar-refractivity contribution in [1.29, 1.82) is 0 Å². The molecule has 0 unspecified atom stereocenters. The molecule has 1 aromatic carbocycles. The third kappa shape index (κ3) is 7.93. The first-order valence-corrected chi connectivity index (χ1v) is 8.00. The zero-order chi connectivity index (χ0) is 15.5. The molecule has 0 amide bonds. The van der Waals surface area contributed by atoms with Gasteiger partial charge in [-0.2, -0.15) is 0 Å². The number of rotatable bonds is 11. The summed E-state index contributed by atoms with van der Waals surface area (Å²) in [5.41, 5.74) is 8.05. The Labute approximate surface area is 129 Å². The van der Waals surface area contributed by atoms with Gasteiger partial charge in [0.25, 0.3) is 0 Å². The van der Waals surface area contributed by atoms with Crippen LogP contribution >= 0.6 is 0 Å². The number of nitrogens with two attached hydrogens (primary N) is 1. The van der Waals surface area contributed by atoms with Gasteiger partial charge in [0.1, 0.15) is 5.75 Å². The van der Waals surface area contributed by atoms with Gasteiger partial charge in [-0.25, -0.2) is 0 Å². The van der Waals surface area contributed by atoms with E-state index in [2.05, 4.69) is 37.3 Å². The highest BCUT2D eigenvalue weighted by atomic mass is 16.5. The lowest BCUT2D eigenvalue weighted by Crippen LogP contribution is -2.22. The summed E-state index contributed by atoms with van der Waals surface area (Å²) in [6.07, 6.45) is 4.39. The second-order valence-electron chi connectivity index (χ2n) is 5.73. The van der Waals surface area contributed by atoms with Gasteiger partial charge in [-0.1, -0.05) is 13.0 Å². The fourth-order valence-corrected chi connectivity index (χ4v) is 2.16. The zero-order valence-corrected chi connectivity index (χ0v) is 13.8. The second-order valence-corrected chi connectivity index (χ2v) is 5.73. The Morgan fingerprint density at radius 3 is 2.62 bits per heavy atom. The number of nitrogens with one attached hydrogen (secondary N) is 1. The summed E-state index contributed by atoms with van der Waals surface area (Å²) in [6.45, 7) is 6.10. The average Bonchev–Trinajstić information content (AvgIpc) is 2.45. The summed E-state index contributed by atoms with van der Waals surface area (Å²) < 4.78 is 5.59. The van der Waals surface area contributed by atoms with E-state index in [0.717, 1.165) is 56.9 Å². The molecule has 4 nitrogen and oxygen atoms in total. The summed E-state index contributed by atoms with van der Waals surface area (Å²) in [4.78, 5) is 2.21. The molecule has 0 saturated carbocycles. The number of nitrogen functional groups attached to an aromatic ring is 1. The Balaban J connectivity index is 2.19. The summed E-state index contributed by atoms with van der Waals surface area (Å²) in [5.74, 6) is 0.808. The van der Waals surface area contributed by atoms with Crippen LogP contribution in [0.4, 0.5) is 5.69 Å². The van der Waals surface area contributed by atoms with Crippen LogP contribution in [0.25, 0.3) is 0 Å². The van der Waals surface area contributed by atoms with Crippen LogP contribution in [0.15, 0.2) is 18.2 Å². The van der Waals surface area contributed by atoms with E-state index < -0.39 is 0 Å². The Morgan fingerprint density at radius 2 is 1.95 bits per heavy atom. The molecule has 0 aromatic heterocycles. The molecule has 120 valence electrons. The minimum atomic E-state index is 0.723. The molecular weight excluding hydrogens is 262 g/mol. The molecule has 0 radical (unpaired) electrons. The third-order valence-corrected chi connectivity index (χ3v) is 3.31. The van der Waals surface area contributed by atoms with E-state index in [1.165, 1.54) is 12.0 Å². The van der Waals surface area contributed by atoms with Crippen molar-refractivity contribution >= 4 is 5.69 Å². The minimum absolute atomic E-state index is 0.723. The van der Waals surface area contributed by atoms with Crippen LogP contribution in [-0.2, 0) is 6.42 Å². The average molecular weight is 293 g/mol. The molecule has 0 spiro atoms. The minimum Gasteiger partial charge on any atom is -0.491 e. The highest BCUT2D eigenvalue weighted by Crippen LogP contribution is 2.23. The normalized spacial score (nSPS) is 11.0. The molecule has 4 heteroatoms. The fraction of sp³-hybridized carbons (Fsp3) is 0.647. The number of anilines is 1. The number of ether oxygens (including phenoxy) is 1. The van der Waals surface area contributed by atoms with Gasteiger partial charge in [-0.05, 0) is 77.1 Å². The molecule has 0 heterocycles. The molecule has 1 rings (SSSR count). The molecular formula is C17H31N3O. The van der Waals surface area contributed by atoms with Gasteiger partial charge in [-0.15, -0.1) is 0 Å². The Morgan fingerprint density at radius 1 is 1.19 bits per heavy atom. The predicted molar refractivity (Wildman–Crippen MR) is 91.0 cm³/mol. The molecule has 21 heavy (non-hydrogen) atoms. The quantitative estimate of drug-likeness (QED) is 0.486. The molecule has 1 aromatic rings. The Kier molecular flexibility index (Phi) is 8.87. The van der Waals surface area contributed by atoms with Crippen LogP contribution in [0.1, 0.15) is 31.7 Å². The number of aryl methyl sites for hydroxylation is 1. The van der Waals surface area contributed by atoms with E-state index >= 15 is 0 Å². The molecule has 0 aliphatic rings. The maximum atomic E-state index is 6.02. The summed E-state index contributed by atoms with van der Waals surface area (Å²) in [7, 11) is 4.22. The van der Waals surface area contributed by atoms with Gasteiger partial charge in [0.15, 0.2) is 0 Å². The van der Waals surface area contributed by atoms with Gasteiger partial charge in [0, 0.05) is 0 Å². The first kappa shape index (κ1) is 17.8. The van der Waals surface area contributed by atoms with Crippen LogP contribution < -0.4 is 15.8 Å². The summed E-state index contributed by atoms with van der Waals surface area (Å²) in [6, 6.07) is 6.15. The highest BCUT2D eigenvalue weighted by Gasteiger charge is 2.02. The van der Waals surface area contributed by atoms with Crippen LogP contribution in [-0.4, -0.2) is 45.2 Å². The van der Waals surface area contributed by atoms with Crippen LogP contribution in [0.3, 0.4) is 0 Å². The van der Waals surface area contributed by atoms with E-state index in [9.17, 15) is 0 Å². The second kappa shape index (κ2) is 10.5. The van der Waals surface area contributed by atoms with Crippen LogP contribution in [0, 0.1) is 0 Å². The van der Waals surface area contributed by atoms with E-state index in [1.807, 2.05) is 12.1 Å². The van der Waals surface area contributed by atoms with Gasteiger partial charge >= 0.3 is 0 Å². The maximum Gasteiger partial charge on any atom is 0.142 e. The Hall–Kier alpha value is -1.26. The van der Waals surface area contributed by atoms with Gasteiger partial charge < -0.3 is 20.7 Å². The highest BCUT2D eigenvalue weighted by molar-refractivity contribution is 5.54. The molecule has 0 aliphatic heterocycles. The van der Waals surface area contributed by atoms with E-state index in [-0.39, 0.29) is 0 Å². The maximum absolute atomic E-state index is 6.02. The number of hydrogen-bond acceptors (Lipinski definition) is 4. The number of hydrogen-bond donors (Lipinski definition) is 2. The lowest BCUT2D eigenvalue weighted by atomic mass is 10.1. The standard InChI is InChI=1S/C17H31N3O/c1-4-13-21-17-9-8-15(14-16(17)18)7-5-10-19-11-6-12-20(2)3/h8-9,14,19H,4-7,10-13,18H2,1-3H3. The monoisotopic (exact) mass is 293 g/mol. The van der Waals surface area contributed by atoms with E-state index in [0.29, 0.717) is 0 Å². The van der Waals surface area contributed by atoms with Crippen molar-refractivity contribution in [3.8, 4) is 5.75 Å². The number of benzene rings is 1. The van der Waals surface area contributed by atoms with E-state index in [4.69, 9.17) is 10.5 Å². The smallest absolute Gasteiger partial charge is 0.142 e. The van der Waals surface area contributed by atoms with Gasteiger partial charge in [0.05, 0.1) is 12.3 Å². The zero-order valence-electron chi connectivity index (χ0n) is 13.8. The Bertz CT molecular complexity index is 394. The van der Waals surface area contributed by atoms with Crippen molar-refractivity contribution in [2.24, 2.45) is 0 Å². The fourth-order valence-electron chi connectivity index (χ4n) is 2.16. The summed E-state index contributed by atoms with van der Waals surface area (Å²) >= 11 is 0. The first-order valence-electron chi connectivity index (χ1n) is 8.00. The molecule has 0 saturated heterocycles. The van der Waals surface area contributed by atoms with Crippen molar-refractivity contribution in [3.05, 3.63) is 23.8 Å². The molecule has 0 fully saturated rings. The van der Waals surface area contributed by atoms with Gasteiger partial charge in [-0.3, -0.25) is 0 Å². The summed E-state index contributed by atoms with van der Waals surface area (Å²) in [5, 5.41) is 3.48. The van der Waals surface area contributed by atoms with Crippen molar-refractivity contribution in [2.75, 3.05) is 46.1 Å².